The second kappa shape index (κ2) is 5.57. The fourth-order valence-electron chi connectivity index (χ4n) is 1.77. The number of carbonyl (C=O) groups excluding carboxylic acids is 2. The van der Waals surface area contributed by atoms with Crippen LogP contribution in [0.3, 0.4) is 0 Å². The first-order valence-corrected chi connectivity index (χ1v) is 5.69. The summed E-state index contributed by atoms with van der Waals surface area (Å²) in [4.78, 5) is 22.6. The van der Waals surface area contributed by atoms with Crippen molar-refractivity contribution in [3.63, 3.8) is 0 Å². The molecule has 0 aromatic heterocycles. The van der Waals surface area contributed by atoms with Crippen molar-refractivity contribution < 1.29 is 9.59 Å². The van der Waals surface area contributed by atoms with E-state index in [9.17, 15) is 9.59 Å². The Bertz CT molecular complexity index is 230. The van der Waals surface area contributed by atoms with E-state index in [-0.39, 0.29) is 11.7 Å². The highest BCUT2D eigenvalue weighted by Gasteiger charge is 2.28. The first-order chi connectivity index (χ1) is 6.63. The third kappa shape index (κ3) is 3.47. The minimum atomic E-state index is 0.0910. The molecule has 4 heteroatoms. The molecular formula is C10H18NO2P. The molecule has 14 heavy (non-hydrogen) atoms. The van der Waals surface area contributed by atoms with Gasteiger partial charge in [-0.25, -0.2) is 0 Å². The van der Waals surface area contributed by atoms with Crippen molar-refractivity contribution >= 4 is 21.0 Å². The quantitative estimate of drug-likeness (QED) is 0.651. The Kier molecular flexibility index (Phi) is 4.70. The van der Waals surface area contributed by atoms with Crippen molar-refractivity contribution in [3.8, 4) is 0 Å². The molecule has 2 unspecified atom stereocenters. The molecule has 0 saturated carbocycles. The highest BCUT2D eigenvalue weighted by molar-refractivity contribution is 7.13. The van der Waals surface area contributed by atoms with Crippen LogP contribution >= 0.6 is 9.39 Å². The van der Waals surface area contributed by atoms with Crippen molar-refractivity contribution in [2.75, 3.05) is 13.1 Å². The number of hydrogen-bond donors (Lipinski definition) is 0. The van der Waals surface area contributed by atoms with Crippen LogP contribution in [0.4, 0.5) is 0 Å². The van der Waals surface area contributed by atoms with Crippen LogP contribution in [-0.4, -0.2) is 29.3 Å². The van der Waals surface area contributed by atoms with Crippen molar-refractivity contribution in [2.24, 2.45) is 5.92 Å². The average molecular weight is 215 g/mol. The maximum atomic E-state index is 11.4. The topological polar surface area (TPSA) is 37.4 Å². The molecule has 0 N–H and O–H groups in total. The number of nitrogens with zero attached hydrogens (tertiary/aromatic N) is 1. The van der Waals surface area contributed by atoms with Gasteiger partial charge in [-0.2, -0.15) is 0 Å². The van der Waals surface area contributed by atoms with Gasteiger partial charge in [-0.15, -0.1) is 0 Å². The van der Waals surface area contributed by atoms with Gasteiger partial charge in [0.1, 0.15) is 5.78 Å². The number of rotatable bonds is 5. The van der Waals surface area contributed by atoms with E-state index in [1.54, 1.807) is 0 Å². The Hall–Kier alpha value is -0.270. The van der Waals surface area contributed by atoms with Gasteiger partial charge in [0.25, 0.3) is 0 Å². The number of ketones is 2. The highest BCUT2D eigenvalue weighted by atomic mass is 31.0. The van der Waals surface area contributed by atoms with Crippen LogP contribution in [0.2, 0.25) is 0 Å². The van der Waals surface area contributed by atoms with E-state index in [1.807, 2.05) is 11.6 Å². The first kappa shape index (κ1) is 11.8. The standard InChI is InChI=1S/C10H18NO2P/c1-2-3-9(12)5-4-8-6-11(14)7-10(8)13/h8H,2-7,14H2,1H3. The largest absolute Gasteiger partial charge is 0.300 e. The zero-order valence-corrected chi connectivity index (χ0v) is 9.82. The maximum Gasteiger partial charge on any atom is 0.151 e. The molecule has 0 spiro atoms. The predicted molar refractivity (Wildman–Crippen MR) is 58.9 cm³/mol. The molecule has 0 aromatic rings. The molecule has 0 amide bonds. The summed E-state index contributed by atoms with van der Waals surface area (Å²) < 4.78 is 1.94. The van der Waals surface area contributed by atoms with Crippen molar-refractivity contribution in [1.29, 1.82) is 0 Å². The Morgan fingerprint density at radius 3 is 2.79 bits per heavy atom. The summed E-state index contributed by atoms with van der Waals surface area (Å²) in [6.07, 6.45) is 2.88. The molecule has 3 nitrogen and oxygen atoms in total. The molecule has 1 heterocycles. The van der Waals surface area contributed by atoms with E-state index in [1.165, 1.54) is 0 Å². The van der Waals surface area contributed by atoms with Gasteiger partial charge in [0, 0.05) is 25.3 Å². The van der Waals surface area contributed by atoms with E-state index in [0.717, 1.165) is 19.4 Å². The SMILES string of the molecule is CCCC(=O)CCC1CN(P)CC1=O. The summed E-state index contributed by atoms with van der Waals surface area (Å²) >= 11 is 0. The van der Waals surface area contributed by atoms with Gasteiger partial charge in [0.05, 0.1) is 6.54 Å². The maximum absolute atomic E-state index is 11.4. The molecule has 1 fully saturated rings. The third-order valence-corrected chi connectivity index (χ3v) is 2.96. The van der Waals surface area contributed by atoms with Crippen LogP contribution in [0.15, 0.2) is 0 Å². The van der Waals surface area contributed by atoms with Gasteiger partial charge >= 0.3 is 0 Å². The normalized spacial score (nSPS) is 23.0. The van der Waals surface area contributed by atoms with E-state index in [0.29, 0.717) is 25.2 Å². The molecule has 0 aliphatic carbocycles. The average Bonchev–Trinajstić information content (AvgIpc) is 2.42. The lowest BCUT2D eigenvalue weighted by Crippen LogP contribution is -2.13. The van der Waals surface area contributed by atoms with Gasteiger partial charge in [-0.3, -0.25) is 14.3 Å². The van der Waals surface area contributed by atoms with Gasteiger partial charge < -0.3 is 0 Å². The van der Waals surface area contributed by atoms with Crippen LogP contribution in [-0.2, 0) is 9.59 Å². The summed E-state index contributed by atoms with van der Waals surface area (Å²) in [6.45, 7) is 3.32. The minimum Gasteiger partial charge on any atom is -0.300 e. The molecule has 1 aliphatic rings. The Morgan fingerprint density at radius 1 is 1.57 bits per heavy atom. The van der Waals surface area contributed by atoms with E-state index >= 15 is 0 Å². The summed E-state index contributed by atoms with van der Waals surface area (Å²) in [6, 6.07) is 0. The van der Waals surface area contributed by atoms with E-state index in [4.69, 9.17) is 0 Å². The fourth-order valence-corrected chi connectivity index (χ4v) is 2.20. The molecule has 80 valence electrons. The molecule has 1 rings (SSSR count). The lowest BCUT2D eigenvalue weighted by molar-refractivity contribution is -0.121. The van der Waals surface area contributed by atoms with Crippen LogP contribution in [0, 0.1) is 5.92 Å². The number of carbonyl (C=O) groups is 2. The van der Waals surface area contributed by atoms with Gasteiger partial charge in [-0.1, -0.05) is 16.3 Å². The van der Waals surface area contributed by atoms with E-state index < -0.39 is 0 Å². The molecule has 0 aromatic carbocycles. The zero-order chi connectivity index (χ0) is 10.6. The van der Waals surface area contributed by atoms with E-state index in [2.05, 4.69) is 9.39 Å². The van der Waals surface area contributed by atoms with Crippen molar-refractivity contribution in [2.45, 2.75) is 32.6 Å². The third-order valence-electron chi connectivity index (χ3n) is 2.57. The molecule has 1 saturated heterocycles. The summed E-state index contributed by atoms with van der Waals surface area (Å²) in [5.74, 6) is 0.667. The molecule has 2 atom stereocenters. The number of Topliss-reactive ketones (excluding diaryl/α,β-unsaturated/α-hetero) is 2. The smallest absolute Gasteiger partial charge is 0.151 e. The number of hydrogen-bond acceptors (Lipinski definition) is 3. The van der Waals surface area contributed by atoms with Crippen LogP contribution in [0.25, 0.3) is 0 Å². The highest BCUT2D eigenvalue weighted by Crippen LogP contribution is 2.20. The summed E-state index contributed by atoms with van der Waals surface area (Å²) in [5, 5.41) is 0. The molecule has 0 bridgehead atoms. The Morgan fingerprint density at radius 2 is 2.29 bits per heavy atom. The molecule has 1 aliphatic heterocycles. The van der Waals surface area contributed by atoms with Crippen molar-refractivity contribution in [3.05, 3.63) is 0 Å². The monoisotopic (exact) mass is 215 g/mol. The van der Waals surface area contributed by atoms with Crippen LogP contribution < -0.4 is 0 Å². The lowest BCUT2D eigenvalue weighted by atomic mass is 9.99. The Labute approximate surface area is 87.5 Å². The van der Waals surface area contributed by atoms with Gasteiger partial charge in [0.2, 0.25) is 0 Å². The fraction of sp³-hybridized carbons (Fsp3) is 0.800. The minimum absolute atomic E-state index is 0.0910. The van der Waals surface area contributed by atoms with Gasteiger partial charge in [0.15, 0.2) is 5.78 Å². The van der Waals surface area contributed by atoms with Gasteiger partial charge in [-0.05, 0) is 12.8 Å². The summed E-state index contributed by atoms with van der Waals surface area (Å²) in [5.41, 5.74) is 0. The molecule has 0 radical (unpaired) electrons. The summed E-state index contributed by atoms with van der Waals surface area (Å²) in [7, 11) is 2.54. The molecular weight excluding hydrogens is 197 g/mol. The van der Waals surface area contributed by atoms with Crippen LogP contribution in [0.1, 0.15) is 32.6 Å². The lowest BCUT2D eigenvalue weighted by Gasteiger charge is -2.07. The Balaban J connectivity index is 2.25. The van der Waals surface area contributed by atoms with Crippen molar-refractivity contribution in [1.82, 2.24) is 4.67 Å². The predicted octanol–water partition coefficient (Wildman–Crippen LogP) is 1.43. The first-order valence-electron chi connectivity index (χ1n) is 5.17. The zero-order valence-electron chi connectivity index (χ0n) is 8.66. The van der Waals surface area contributed by atoms with Crippen LogP contribution in [0.5, 0.6) is 0 Å². The second-order valence-electron chi connectivity index (χ2n) is 3.92. The second-order valence-corrected chi connectivity index (χ2v) is 4.65.